The van der Waals surface area contributed by atoms with Gasteiger partial charge in [0.2, 0.25) is 5.91 Å². The summed E-state index contributed by atoms with van der Waals surface area (Å²) in [6.45, 7) is 0.545. The number of anilines is 1. The third-order valence-corrected chi connectivity index (χ3v) is 6.81. The van der Waals surface area contributed by atoms with E-state index in [4.69, 9.17) is 4.74 Å². The molecule has 3 nitrogen and oxygen atoms in total. The Labute approximate surface area is 158 Å². The van der Waals surface area contributed by atoms with E-state index in [1.165, 1.54) is 10.8 Å². The van der Waals surface area contributed by atoms with Crippen molar-refractivity contribution in [3.63, 3.8) is 0 Å². The highest BCUT2D eigenvalue weighted by Gasteiger charge is 2.64. The molecule has 27 heavy (non-hydrogen) atoms. The summed E-state index contributed by atoms with van der Waals surface area (Å²) >= 11 is 0. The van der Waals surface area contributed by atoms with Gasteiger partial charge in [0.1, 0.15) is 0 Å². The molecule has 0 N–H and O–H groups in total. The average molecular weight is 355 g/mol. The Hall–Kier alpha value is -2.65. The van der Waals surface area contributed by atoms with E-state index in [1.54, 1.807) is 0 Å². The van der Waals surface area contributed by atoms with Crippen LogP contribution in [0.25, 0.3) is 10.8 Å². The third kappa shape index (κ3) is 1.93. The fourth-order valence-corrected chi connectivity index (χ4v) is 5.22. The van der Waals surface area contributed by atoms with Gasteiger partial charge in [0.25, 0.3) is 0 Å². The fourth-order valence-electron chi connectivity index (χ4n) is 5.22. The average Bonchev–Trinajstić information content (AvgIpc) is 2.98. The Morgan fingerprint density at radius 3 is 2.48 bits per heavy atom. The van der Waals surface area contributed by atoms with Gasteiger partial charge >= 0.3 is 0 Å². The molecule has 2 fully saturated rings. The number of hydrogen-bond donors (Lipinski definition) is 0. The van der Waals surface area contributed by atoms with Crippen molar-refractivity contribution in [1.82, 2.24) is 0 Å². The molecule has 134 valence electrons. The van der Waals surface area contributed by atoms with E-state index in [2.05, 4.69) is 54.6 Å². The summed E-state index contributed by atoms with van der Waals surface area (Å²) in [5.74, 6) is 0.244. The maximum absolute atomic E-state index is 13.6. The number of fused-ring (bicyclic) bond motifs is 4. The van der Waals surface area contributed by atoms with Crippen molar-refractivity contribution in [2.45, 2.75) is 38.0 Å². The lowest BCUT2D eigenvalue weighted by atomic mass is 9.66. The van der Waals surface area contributed by atoms with Gasteiger partial charge in [-0.15, -0.1) is 0 Å². The van der Waals surface area contributed by atoms with Crippen molar-refractivity contribution in [1.29, 1.82) is 0 Å². The second-order valence-electron chi connectivity index (χ2n) is 8.21. The highest BCUT2D eigenvalue weighted by atomic mass is 16.5. The normalized spacial score (nSPS) is 25.3. The second-order valence-corrected chi connectivity index (χ2v) is 8.21. The minimum absolute atomic E-state index is 0.244. The van der Waals surface area contributed by atoms with Crippen LogP contribution < -0.4 is 4.90 Å². The highest BCUT2D eigenvalue weighted by Crippen LogP contribution is 2.61. The summed E-state index contributed by atoms with van der Waals surface area (Å²) < 4.78 is 6.56. The quantitative estimate of drug-likeness (QED) is 0.606. The number of nitrogens with zero attached hydrogens (tertiary/aromatic N) is 1. The first-order valence-corrected chi connectivity index (χ1v) is 9.78. The van der Waals surface area contributed by atoms with E-state index < -0.39 is 5.72 Å². The SMILES string of the molecule is O=C1N2c3ccccc3COC2(c2ccc3ccccc3c2)CC12CCC2. The van der Waals surface area contributed by atoms with E-state index >= 15 is 0 Å². The first kappa shape index (κ1) is 15.4. The molecule has 0 aromatic heterocycles. The number of carbonyl (C=O) groups is 1. The molecular weight excluding hydrogens is 334 g/mol. The fraction of sp³-hybridized carbons (Fsp3) is 0.292. The van der Waals surface area contributed by atoms with Gasteiger partial charge in [0.05, 0.1) is 17.7 Å². The van der Waals surface area contributed by atoms with Crippen molar-refractivity contribution in [3.05, 3.63) is 77.9 Å². The Morgan fingerprint density at radius 1 is 0.889 bits per heavy atom. The topological polar surface area (TPSA) is 29.5 Å². The van der Waals surface area contributed by atoms with Crippen LogP contribution in [0, 0.1) is 5.41 Å². The lowest BCUT2D eigenvalue weighted by Crippen LogP contribution is -2.49. The van der Waals surface area contributed by atoms with Crippen LogP contribution in [0.5, 0.6) is 0 Å². The zero-order valence-corrected chi connectivity index (χ0v) is 15.2. The molecule has 3 aromatic rings. The summed E-state index contributed by atoms with van der Waals surface area (Å²) in [6.07, 6.45) is 3.84. The molecule has 1 spiro atoms. The molecule has 1 amide bonds. The van der Waals surface area contributed by atoms with Crippen LogP contribution in [0.1, 0.15) is 36.8 Å². The molecule has 2 aliphatic heterocycles. The number of benzene rings is 3. The Kier molecular flexibility index (Phi) is 2.97. The third-order valence-electron chi connectivity index (χ3n) is 6.81. The number of ether oxygens (including phenoxy) is 1. The van der Waals surface area contributed by atoms with Gasteiger partial charge in [-0.1, -0.05) is 61.0 Å². The van der Waals surface area contributed by atoms with E-state index in [0.717, 1.165) is 42.5 Å². The maximum Gasteiger partial charge on any atom is 0.236 e. The summed E-state index contributed by atoms with van der Waals surface area (Å²) in [4.78, 5) is 15.6. The molecule has 3 heteroatoms. The Bertz CT molecular complexity index is 1080. The zero-order chi connectivity index (χ0) is 18.1. The van der Waals surface area contributed by atoms with Crippen LogP contribution in [0.15, 0.2) is 66.7 Å². The van der Waals surface area contributed by atoms with Crippen LogP contribution >= 0.6 is 0 Å². The Balaban J connectivity index is 1.59. The smallest absolute Gasteiger partial charge is 0.236 e. The van der Waals surface area contributed by atoms with Gasteiger partial charge in [0.15, 0.2) is 5.72 Å². The number of carbonyl (C=O) groups excluding carboxylic acids is 1. The molecule has 0 radical (unpaired) electrons. The monoisotopic (exact) mass is 355 g/mol. The van der Waals surface area contributed by atoms with Crippen molar-refractivity contribution in [3.8, 4) is 0 Å². The summed E-state index contributed by atoms with van der Waals surface area (Å²) in [7, 11) is 0. The predicted molar refractivity (Wildman–Crippen MR) is 105 cm³/mol. The minimum Gasteiger partial charge on any atom is -0.346 e. The number of para-hydroxylation sites is 1. The van der Waals surface area contributed by atoms with E-state index in [9.17, 15) is 4.79 Å². The van der Waals surface area contributed by atoms with E-state index in [-0.39, 0.29) is 11.3 Å². The van der Waals surface area contributed by atoms with E-state index in [1.807, 2.05) is 17.0 Å². The van der Waals surface area contributed by atoms with Gasteiger partial charge in [-0.2, -0.15) is 0 Å². The van der Waals surface area contributed by atoms with E-state index in [0.29, 0.717) is 6.61 Å². The summed E-state index contributed by atoms with van der Waals surface area (Å²) in [5.41, 5.74) is 2.27. The van der Waals surface area contributed by atoms with Crippen LogP contribution in [-0.4, -0.2) is 5.91 Å². The molecule has 6 rings (SSSR count). The number of hydrogen-bond acceptors (Lipinski definition) is 2. The van der Waals surface area contributed by atoms with Crippen LogP contribution in [0.4, 0.5) is 5.69 Å². The molecule has 1 atom stereocenters. The molecule has 3 aromatic carbocycles. The van der Waals surface area contributed by atoms with Crippen LogP contribution in [0.3, 0.4) is 0 Å². The molecule has 1 saturated heterocycles. The van der Waals surface area contributed by atoms with Crippen molar-refractivity contribution in [2.75, 3.05) is 4.90 Å². The molecule has 1 unspecified atom stereocenters. The first-order valence-electron chi connectivity index (χ1n) is 9.78. The second kappa shape index (κ2) is 5.20. The zero-order valence-electron chi connectivity index (χ0n) is 15.2. The molecule has 3 aliphatic rings. The molecule has 1 aliphatic carbocycles. The number of rotatable bonds is 1. The van der Waals surface area contributed by atoms with Crippen molar-refractivity contribution < 1.29 is 9.53 Å². The van der Waals surface area contributed by atoms with Gasteiger partial charge in [0, 0.05) is 17.5 Å². The maximum atomic E-state index is 13.6. The lowest BCUT2D eigenvalue weighted by molar-refractivity contribution is -0.129. The molecular formula is C24H21NO2. The van der Waals surface area contributed by atoms with Gasteiger partial charge in [-0.3, -0.25) is 9.69 Å². The van der Waals surface area contributed by atoms with Crippen LogP contribution in [-0.2, 0) is 21.9 Å². The van der Waals surface area contributed by atoms with Crippen LogP contribution in [0.2, 0.25) is 0 Å². The minimum atomic E-state index is -0.685. The summed E-state index contributed by atoms with van der Waals surface area (Å²) in [5, 5.41) is 2.40. The lowest BCUT2D eigenvalue weighted by Gasteiger charge is -2.43. The first-order chi connectivity index (χ1) is 13.2. The van der Waals surface area contributed by atoms with Gasteiger partial charge in [-0.25, -0.2) is 0 Å². The highest BCUT2D eigenvalue weighted by molar-refractivity contribution is 6.03. The molecule has 2 heterocycles. The van der Waals surface area contributed by atoms with Crippen molar-refractivity contribution in [2.24, 2.45) is 5.41 Å². The van der Waals surface area contributed by atoms with Gasteiger partial charge in [-0.05, 0) is 35.7 Å². The molecule has 0 bridgehead atoms. The summed E-state index contributed by atoms with van der Waals surface area (Å²) in [6, 6.07) is 23.1. The largest absolute Gasteiger partial charge is 0.346 e. The standard InChI is InChI=1S/C24H21NO2/c26-22-23(12-5-13-23)16-24(20-11-10-17-6-1-2-7-18(17)14-20)25(22)21-9-4-3-8-19(21)15-27-24/h1-4,6-11,14H,5,12-13,15-16H2. The van der Waals surface area contributed by atoms with Gasteiger partial charge < -0.3 is 4.74 Å². The van der Waals surface area contributed by atoms with Crippen molar-refractivity contribution >= 4 is 22.4 Å². The predicted octanol–water partition coefficient (Wildman–Crippen LogP) is 5.13. The molecule has 1 saturated carbocycles. The number of amides is 1. The Morgan fingerprint density at radius 2 is 1.67 bits per heavy atom.